The average molecular weight is 268 g/mol. The highest BCUT2D eigenvalue weighted by molar-refractivity contribution is 5.72. The van der Waals surface area contributed by atoms with Crippen LogP contribution in [0.2, 0.25) is 0 Å². The van der Waals surface area contributed by atoms with Gasteiger partial charge in [0.1, 0.15) is 18.3 Å². The molecule has 102 valence electrons. The van der Waals surface area contributed by atoms with Gasteiger partial charge < -0.3 is 14.7 Å². The van der Waals surface area contributed by atoms with Gasteiger partial charge in [-0.3, -0.25) is 14.9 Å². The van der Waals surface area contributed by atoms with Gasteiger partial charge in [0.25, 0.3) is 0 Å². The number of hydrogen-bond acceptors (Lipinski definition) is 7. The van der Waals surface area contributed by atoms with Gasteiger partial charge in [-0.2, -0.15) is 0 Å². The summed E-state index contributed by atoms with van der Waals surface area (Å²) in [6.07, 6.45) is 2.18. The van der Waals surface area contributed by atoms with E-state index in [2.05, 4.69) is 9.97 Å². The molecule has 9 nitrogen and oxygen atoms in total. The van der Waals surface area contributed by atoms with E-state index < -0.39 is 16.8 Å². The fraction of sp³-hybridized carbons (Fsp3) is 0.500. The first kappa shape index (κ1) is 13.1. The lowest BCUT2D eigenvalue weighted by molar-refractivity contribution is -0.385. The van der Waals surface area contributed by atoms with Gasteiger partial charge in [0.2, 0.25) is 5.95 Å². The van der Waals surface area contributed by atoms with Crippen LogP contribution in [0.5, 0.6) is 0 Å². The number of aliphatic carboxylic acids is 1. The predicted octanol–water partition coefficient (Wildman–Crippen LogP) is -0.0794. The number of nitrogens with zero attached hydrogens (tertiary/aromatic N) is 4. The van der Waals surface area contributed by atoms with Crippen LogP contribution in [0.25, 0.3) is 0 Å². The van der Waals surface area contributed by atoms with Crippen molar-refractivity contribution in [1.82, 2.24) is 9.97 Å². The Balaban J connectivity index is 2.17. The minimum absolute atomic E-state index is 0.136. The first-order valence-electron chi connectivity index (χ1n) is 5.50. The Labute approximate surface area is 108 Å². The third-order valence-electron chi connectivity index (χ3n) is 3.02. The number of aromatic nitrogens is 2. The Kier molecular flexibility index (Phi) is 3.56. The fourth-order valence-electron chi connectivity index (χ4n) is 1.90. The Morgan fingerprint density at radius 1 is 1.53 bits per heavy atom. The van der Waals surface area contributed by atoms with Crippen LogP contribution in [0, 0.1) is 16.0 Å². The van der Waals surface area contributed by atoms with Crippen molar-refractivity contribution in [3.05, 3.63) is 22.5 Å². The van der Waals surface area contributed by atoms with E-state index in [0.717, 1.165) is 12.4 Å². The molecule has 2 atom stereocenters. The molecule has 2 unspecified atom stereocenters. The number of carboxylic acids is 1. The number of likely N-dealkylation sites (N-methyl/N-ethyl adjacent to an activating group) is 1. The molecule has 0 saturated carbocycles. The molecule has 1 aliphatic heterocycles. The highest BCUT2D eigenvalue weighted by atomic mass is 16.6. The van der Waals surface area contributed by atoms with Crippen molar-refractivity contribution in [3.63, 3.8) is 0 Å². The van der Waals surface area contributed by atoms with Crippen molar-refractivity contribution in [3.8, 4) is 0 Å². The Bertz CT molecular complexity index is 491. The maximum atomic E-state index is 11.1. The van der Waals surface area contributed by atoms with Crippen molar-refractivity contribution in [2.45, 2.75) is 6.04 Å². The van der Waals surface area contributed by atoms with Crippen molar-refractivity contribution >= 4 is 17.6 Å². The first-order chi connectivity index (χ1) is 9.00. The standard InChI is InChI=1S/C10H12N4O5/c1-13(8-5-19-4-7(8)9(15)16)10-11-2-6(3-12-10)14(17)18/h2-3,7-8H,4-5H2,1H3,(H,15,16). The van der Waals surface area contributed by atoms with Crippen LogP contribution >= 0.6 is 0 Å². The van der Waals surface area contributed by atoms with Crippen molar-refractivity contribution < 1.29 is 19.6 Å². The SMILES string of the molecule is CN(c1ncc([N+](=O)[O-])cn1)C1COCC1C(=O)O. The summed E-state index contributed by atoms with van der Waals surface area (Å²) in [5, 5.41) is 19.6. The monoisotopic (exact) mass is 268 g/mol. The Morgan fingerprint density at radius 3 is 2.68 bits per heavy atom. The van der Waals surface area contributed by atoms with Gasteiger partial charge in [-0.1, -0.05) is 0 Å². The molecule has 2 rings (SSSR count). The highest BCUT2D eigenvalue weighted by Gasteiger charge is 2.37. The van der Waals surface area contributed by atoms with E-state index >= 15 is 0 Å². The van der Waals surface area contributed by atoms with Crippen molar-refractivity contribution in [1.29, 1.82) is 0 Å². The van der Waals surface area contributed by atoms with Crippen LogP contribution in [0.15, 0.2) is 12.4 Å². The molecule has 1 N–H and O–H groups in total. The van der Waals surface area contributed by atoms with Gasteiger partial charge in [-0.05, 0) is 0 Å². The smallest absolute Gasteiger partial charge is 0.311 e. The van der Waals surface area contributed by atoms with Gasteiger partial charge in [0.15, 0.2) is 0 Å². The summed E-state index contributed by atoms with van der Waals surface area (Å²) in [6, 6.07) is -0.390. The van der Waals surface area contributed by atoms with Crippen molar-refractivity contribution in [2.24, 2.45) is 5.92 Å². The zero-order valence-electron chi connectivity index (χ0n) is 10.1. The average Bonchev–Trinajstić information content (AvgIpc) is 2.87. The van der Waals surface area contributed by atoms with Gasteiger partial charge in [-0.15, -0.1) is 0 Å². The van der Waals surface area contributed by atoms with E-state index in [1.807, 2.05) is 0 Å². The molecule has 1 saturated heterocycles. The van der Waals surface area contributed by atoms with Gasteiger partial charge in [0, 0.05) is 7.05 Å². The molecular weight excluding hydrogens is 256 g/mol. The van der Waals surface area contributed by atoms with Crippen molar-refractivity contribution in [2.75, 3.05) is 25.2 Å². The second-order valence-corrected chi connectivity index (χ2v) is 4.16. The van der Waals surface area contributed by atoms with E-state index in [4.69, 9.17) is 9.84 Å². The molecule has 1 aromatic heterocycles. The van der Waals surface area contributed by atoms with Crippen LogP contribution in [-0.2, 0) is 9.53 Å². The van der Waals surface area contributed by atoms with Crippen LogP contribution in [0.4, 0.5) is 11.6 Å². The molecule has 0 spiro atoms. The van der Waals surface area contributed by atoms with E-state index in [1.54, 1.807) is 11.9 Å². The van der Waals surface area contributed by atoms with Gasteiger partial charge >= 0.3 is 11.7 Å². The number of anilines is 1. The summed E-state index contributed by atoms with van der Waals surface area (Å²) in [5.41, 5.74) is -0.213. The van der Waals surface area contributed by atoms with E-state index in [-0.39, 0.29) is 30.9 Å². The minimum Gasteiger partial charge on any atom is -0.481 e. The van der Waals surface area contributed by atoms with Gasteiger partial charge in [0.05, 0.1) is 24.2 Å². The molecule has 0 amide bonds. The molecule has 9 heteroatoms. The topological polar surface area (TPSA) is 119 Å². The normalized spacial score (nSPS) is 22.2. The molecule has 19 heavy (non-hydrogen) atoms. The number of hydrogen-bond donors (Lipinski definition) is 1. The Hall–Kier alpha value is -2.29. The summed E-state index contributed by atoms with van der Waals surface area (Å²) < 4.78 is 5.15. The molecule has 0 bridgehead atoms. The number of rotatable bonds is 4. The summed E-state index contributed by atoms with van der Waals surface area (Å²) in [6.45, 7) is 0.394. The molecule has 1 fully saturated rings. The third-order valence-corrected chi connectivity index (χ3v) is 3.02. The molecule has 0 radical (unpaired) electrons. The second-order valence-electron chi connectivity index (χ2n) is 4.16. The van der Waals surface area contributed by atoms with Crippen LogP contribution in [0.1, 0.15) is 0 Å². The number of carbonyl (C=O) groups is 1. The Morgan fingerprint density at radius 2 is 2.16 bits per heavy atom. The third kappa shape index (κ3) is 2.60. The summed E-state index contributed by atoms with van der Waals surface area (Å²) >= 11 is 0. The van der Waals surface area contributed by atoms with Crippen LogP contribution in [0.3, 0.4) is 0 Å². The largest absolute Gasteiger partial charge is 0.481 e. The highest BCUT2D eigenvalue weighted by Crippen LogP contribution is 2.22. The quantitative estimate of drug-likeness (QED) is 0.595. The lowest BCUT2D eigenvalue weighted by atomic mass is 10.0. The van der Waals surface area contributed by atoms with E-state index in [9.17, 15) is 14.9 Å². The molecule has 1 aliphatic rings. The summed E-state index contributed by atoms with van der Waals surface area (Å²) in [4.78, 5) is 30.2. The lowest BCUT2D eigenvalue weighted by Crippen LogP contribution is -2.41. The predicted molar refractivity (Wildman–Crippen MR) is 62.8 cm³/mol. The molecule has 2 heterocycles. The minimum atomic E-state index is -0.948. The fourth-order valence-corrected chi connectivity index (χ4v) is 1.90. The maximum absolute atomic E-state index is 11.1. The summed E-state index contributed by atoms with van der Waals surface area (Å²) in [7, 11) is 1.64. The molecular formula is C10H12N4O5. The number of carboxylic acid groups (broad SMARTS) is 1. The number of ether oxygens (including phenoxy) is 1. The van der Waals surface area contributed by atoms with Crippen LogP contribution in [-0.4, -0.2) is 52.3 Å². The van der Waals surface area contributed by atoms with E-state index in [0.29, 0.717) is 0 Å². The molecule has 0 aliphatic carbocycles. The number of nitro groups is 1. The summed E-state index contributed by atoms with van der Waals surface area (Å²) in [5.74, 6) is -1.38. The zero-order chi connectivity index (χ0) is 14.0. The van der Waals surface area contributed by atoms with Gasteiger partial charge in [-0.25, -0.2) is 9.97 Å². The maximum Gasteiger partial charge on any atom is 0.311 e. The second kappa shape index (κ2) is 5.14. The zero-order valence-corrected chi connectivity index (χ0v) is 10.1. The molecule has 1 aromatic rings. The van der Waals surface area contributed by atoms with Crippen LogP contribution < -0.4 is 4.90 Å². The lowest BCUT2D eigenvalue weighted by Gasteiger charge is -2.25. The molecule has 0 aromatic carbocycles. The first-order valence-corrected chi connectivity index (χ1v) is 5.50. The van der Waals surface area contributed by atoms with E-state index in [1.165, 1.54) is 0 Å².